The van der Waals surface area contributed by atoms with Gasteiger partial charge in [-0.2, -0.15) is 0 Å². The summed E-state index contributed by atoms with van der Waals surface area (Å²) in [6.45, 7) is 1.46. The monoisotopic (exact) mass is 269 g/mol. The van der Waals surface area contributed by atoms with Gasteiger partial charge in [0.1, 0.15) is 11.4 Å². The van der Waals surface area contributed by atoms with Gasteiger partial charge in [0.05, 0.1) is 7.11 Å². The van der Waals surface area contributed by atoms with E-state index in [-0.39, 0.29) is 0 Å². The average molecular weight is 269 g/mol. The Balaban J connectivity index is 2.10. The van der Waals surface area contributed by atoms with E-state index in [0.29, 0.717) is 6.54 Å². The molecule has 1 atom stereocenters. The van der Waals surface area contributed by atoms with Crippen molar-refractivity contribution < 1.29 is 9.84 Å². The highest BCUT2D eigenvalue weighted by Crippen LogP contribution is 2.37. The maximum absolute atomic E-state index is 11.2. The number of aliphatic hydroxyl groups is 1. The van der Waals surface area contributed by atoms with Crippen molar-refractivity contribution in [3.63, 3.8) is 0 Å². The van der Waals surface area contributed by atoms with Crippen molar-refractivity contribution >= 4 is 0 Å². The third-order valence-corrected chi connectivity index (χ3v) is 3.97. The first kappa shape index (κ1) is 13.2. The summed E-state index contributed by atoms with van der Waals surface area (Å²) < 4.78 is 5.19. The number of benzene rings is 2. The van der Waals surface area contributed by atoms with Crippen LogP contribution in [0.25, 0.3) is 0 Å². The summed E-state index contributed by atoms with van der Waals surface area (Å²) in [5.74, 6) is 0.801. The number of rotatable bonds is 2. The van der Waals surface area contributed by atoms with Gasteiger partial charge in [-0.15, -0.1) is 0 Å². The molecule has 1 heterocycles. The van der Waals surface area contributed by atoms with Crippen LogP contribution in [0.5, 0.6) is 5.75 Å². The first-order chi connectivity index (χ1) is 9.63. The van der Waals surface area contributed by atoms with Gasteiger partial charge >= 0.3 is 0 Å². The molecule has 1 unspecified atom stereocenters. The van der Waals surface area contributed by atoms with Gasteiger partial charge in [0, 0.05) is 13.1 Å². The number of hydrogen-bond acceptors (Lipinski definition) is 3. The number of ether oxygens (including phenoxy) is 1. The van der Waals surface area contributed by atoms with Crippen LogP contribution in [0.3, 0.4) is 0 Å². The van der Waals surface area contributed by atoms with Crippen LogP contribution in [-0.2, 0) is 12.1 Å². The average Bonchev–Trinajstić information content (AvgIpc) is 2.47. The lowest BCUT2D eigenvalue weighted by Crippen LogP contribution is -2.44. The third kappa shape index (κ3) is 2.09. The fourth-order valence-electron chi connectivity index (χ4n) is 3.00. The van der Waals surface area contributed by atoms with Crippen LogP contribution in [0.1, 0.15) is 16.7 Å². The van der Waals surface area contributed by atoms with Gasteiger partial charge in [0.15, 0.2) is 0 Å². The predicted molar refractivity (Wildman–Crippen MR) is 78.8 cm³/mol. The van der Waals surface area contributed by atoms with Crippen LogP contribution in [0.4, 0.5) is 0 Å². The Kier molecular flexibility index (Phi) is 3.24. The van der Waals surface area contributed by atoms with E-state index in [1.165, 1.54) is 5.56 Å². The molecule has 3 nitrogen and oxygen atoms in total. The lowest BCUT2D eigenvalue weighted by molar-refractivity contribution is 0.0282. The first-order valence-electron chi connectivity index (χ1n) is 6.77. The number of fused-ring (bicyclic) bond motifs is 1. The second-order valence-corrected chi connectivity index (χ2v) is 5.42. The second kappa shape index (κ2) is 4.93. The Hall–Kier alpha value is -1.84. The lowest BCUT2D eigenvalue weighted by atomic mass is 9.80. The molecular weight excluding hydrogens is 250 g/mol. The largest absolute Gasteiger partial charge is 0.497 e. The quantitative estimate of drug-likeness (QED) is 0.908. The molecule has 104 valence electrons. The highest BCUT2D eigenvalue weighted by Gasteiger charge is 2.38. The molecule has 0 saturated heterocycles. The molecule has 2 aromatic carbocycles. The van der Waals surface area contributed by atoms with Crippen molar-refractivity contribution in [2.45, 2.75) is 12.1 Å². The zero-order chi connectivity index (χ0) is 14.2. The molecule has 0 amide bonds. The molecule has 0 saturated carbocycles. The van der Waals surface area contributed by atoms with Crippen LogP contribution >= 0.6 is 0 Å². The van der Waals surface area contributed by atoms with E-state index >= 15 is 0 Å². The van der Waals surface area contributed by atoms with Crippen LogP contribution in [0, 0.1) is 0 Å². The van der Waals surface area contributed by atoms with E-state index < -0.39 is 5.60 Å². The molecule has 20 heavy (non-hydrogen) atoms. The van der Waals surface area contributed by atoms with Crippen molar-refractivity contribution in [2.75, 3.05) is 20.7 Å². The zero-order valence-corrected chi connectivity index (χ0v) is 11.8. The highest BCUT2D eigenvalue weighted by molar-refractivity contribution is 5.44. The van der Waals surface area contributed by atoms with E-state index in [1.807, 2.05) is 49.5 Å². The van der Waals surface area contributed by atoms with Crippen molar-refractivity contribution in [1.29, 1.82) is 0 Å². The molecule has 0 bridgehead atoms. The third-order valence-electron chi connectivity index (χ3n) is 3.97. The molecule has 0 radical (unpaired) electrons. The molecule has 3 heteroatoms. The maximum atomic E-state index is 11.2. The van der Waals surface area contributed by atoms with E-state index in [2.05, 4.69) is 11.0 Å². The number of β-amino-alcohol motifs (C(OH)–C–C–N with tert-alkyl or cyclic N) is 1. The van der Waals surface area contributed by atoms with Crippen molar-refractivity contribution in [3.05, 3.63) is 65.2 Å². The topological polar surface area (TPSA) is 32.7 Å². The van der Waals surface area contributed by atoms with Crippen LogP contribution in [0.2, 0.25) is 0 Å². The summed E-state index contributed by atoms with van der Waals surface area (Å²) in [5.41, 5.74) is 2.12. The van der Waals surface area contributed by atoms with Crippen LogP contribution in [-0.4, -0.2) is 30.7 Å². The van der Waals surface area contributed by atoms with E-state index in [9.17, 15) is 5.11 Å². The van der Waals surface area contributed by atoms with Gasteiger partial charge < -0.3 is 9.84 Å². The van der Waals surface area contributed by atoms with Gasteiger partial charge in [-0.3, -0.25) is 4.90 Å². The Morgan fingerprint density at radius 3 is 2.50 bits per heavy atom. The standard InChI is InChI=1S/C17H19NO2/c1-18-11-13-5-3-4-6-16(13)17(19,12-18)14-7-9-15(20-2)10-8-14/h3-10,19H,11-12H2,1-2H3. The molecule has 0 fully saturated rings. The number of likely N-dealkylation sites (N-methyl/N-ethyl adjacent to an activating group) is 1. The molecule has 3 rings (SSSR count). The van der Waals surface area contributed by atoms with Gasteiger partial charge in [-0.1, -0.05) is 36.4 Å². The van der Waals surface area contributed by atoms with Gasteiger partial charge in [0.25, 0.3) is 0 Å². The van der Waals surface area contributed by atoms with E-state index in [1.54, 1.807) is 7.11 Å². The minimum absolute atomic E-state index is 0.594. The van der Waals surface area contributed by atoms with Crippen LogP contribution < -0.4 is 4.74 Å². The minimum Gasteiger partial charge on any atom is -0.497 e. The molecule has 2 aromatic rings. The molecular formula is C17H19NO2. The molecule has 0 aromatic heterocycles. The SMILES string of the molecule is COc1ccc(C2(O)CN(C)Cc3ccccc32)cc1. The van der Waals surface area contributed by atoms with Crippen molar-refractivity contribution in [1.82, 2.24) is 4.90 Å². The smallest absolute Gasteiger partial charge is 0.128 e. The van der Waals surface area contributed by atoms with E-state index in [0.717, 1.165) is 23.4 Å². The molecule has 1 N–H and O–H groups in total. The Morgan fingerprint density at radius 1 is 1.10 bits per heavy atom. The minimum atomic E-state index is -0.962. The van der Waals surface area contributed by atoms with Crippen molar-refractivity contribution in [2.24, 2.45) is 0 Å². The summed E-state index contributed by atoms with van der Waals surface area (Å²) in [6, 6.07) is 15.8. The zero-order valence-electron chi connectivity index (χ0n) is 11.8. The fourth-order valence-corrected chi connectivity index (χ4v) is 3.00. The van der Waals surface area contributed by atoms with Gasteiger partial charge in [-0.25, -0.2) is 0 Å². The normalized spacial score (nSPS) is 22.4. The summed E-state index contributed by atoms with van der Waals surface area (Å²) in [7, 11) is 3.68. The number of nitrogens with zero attached hydrogens (tertiary/aromatic N) is 1. The highest BCUT2D eigenvalue weighted by atomic mass is 16.5. The second-order valence-electron chi connectivity index (χ2n) is 5.42. The molecule has 1 aliphatic rings. The molecule has 0 spiro atoms. The Labute approximate surface area is 119 Å². The molecule has 0 aliphatic carbocycles. The Bertz CT molecular complexity index is 609. The van der Waals surface area contributed by atoms with Gasteiger partial charge in [-0.05, 0) is 35.9 Å². The summed E-state index contributed by atoms with van der Waals surface area (Å²) in [5, 5.41) is 11.2. The predicted octanol–water partition coefficient (Wildman–Crippen LogP) is 2.38. The van der Waals surface area contributed by atoms with Crippen molar-refractivity contribution in [3.8, 4) is 5.75 Å². The summed E-state index contributed by atoms with van der Waals surface area (Å²) in [4.78, 5) is 2.15. The number of methoxy groups -OCH3 is 1. The molecule has 1 aliphatic heterocycles. The summed E-state index contributed by atoms with van der Waals surface area (Å²) >= 11 is 0. The fraction of sp³-hybridized carbons (Fsp3) is 0.294. The summed E-state index contributed by atoms with van der Waals surface area (Å²) in [6.07, 6.45) is 0. The maximum Gasteiger partial charge on any atom is 0.128 e. The van der Waals surface area contributed by atoms with E-state index in [4.69, 9.17) is 4.74 Å². The first-order valence-corrected chi connectivity index (χ1v) is 6.77. The number of hydrogen-bond donors (Lipinski definition) is 1. The van der Waals surface area contributed by atoms with Crippen LogP contribution in [0.15, 0.2) is 48.5 Å². The van der Waals surface area contributed by atoms with Gasteiger partial charge in [0.2, 0.25) is 0 Å². The Morgan fingerprint density at radius 2 is 1.80 bits per heavy atom. The lowest BCUT2D eigenvalue weighted by Gasteiger charge is -2.39.